The molecule has 0 spiro atoms. The minimum atomic E-state index is -2.91. The van der Waals surface area contributed by atoms with Crippen LogP contribution in [0.3, 0.4) is 0 Å². The summed E-state index contributed by atoms with van der Waals surface area (Å²) in [5, 5.41) is 4.27. The van der Waals surface area contributed by atoms with Crippen LogP contribution in [0.5, 0.6) is 0 Å². The second-order valence-corrected chi connectivity index (χ2v) is 4.98. The lowest BCUT2D eigenvalue weighted by atomic mass is 10.2. The first-order valence-electron chi connectivity index (χ1n) is 5.24. The van der Waals surface area contributed by atoms with E-state index in [1.165, 1.54) is 0 Å². The summed E-state index contributed by atoms with van der Waals surface area (Å²) in [6, 6.07) is -1.06. The Balaban J connectivity index is 2.43. The highest BCUT2D eigenvalue weighted by molar-refractivity contribution is 5.95. The number of hydrogen-bond donors (Lipinski definition) is 2. The number of alkyl carbamates (subject to hydrolysis) is 1. The number of halogens is 2. The predicted octanol–water partition coefficient (Wildman–Crippen LogP) is 1.03. The van der Waals surface area contributed by atoms with Crippen molar-refractivity contribution in [3.05, 3.63) is 0 Å². The van der Waals surface area contributed by atoms with Crippen LogP contribution in [-0.2, 0) is 9.53 Å². The van der Waals surface area contributed by atoms with Crippen molar-refractivity contribution in [3.8, 4) is 0 Å². The third kappa shape index (κ3) is 4.64. The molecule has 0 bridgehead atoms. The molecule has 0 unspecified atom stereocenters. The lowest BCUT2D eigenvalue weighted by Crippen LogP contribution is -2.45. The molecule has 0 aromatic carbocycles. The number of carbonyl (C=O) groups excluding carboxylic acids is 2. The number of imide groups is 1. The van der Waals surface area contributed by atoms with E-state index in [2.05, 4.69) is 5.32 Å². The van der Waals surface area contributed by atoms with E-state index in [0.29, 0.717) is 0 Å². The number of rotatable bonds is 1. The van der Waals surface area contributed by atoms with Crippen molar-refractivity contribution in [3.63, 3.8) is 0 Å². The van der Waals surface area contributed by atoms with E-state index < -0.39 is 42.5 Å². The van der Waals surface area contributed by atoms with Gasteiger partial charge in [-0.15, -0.1) is 0 Å². The first kappa shape index (κ1) is 13.8. The zero-order chi connectivity index (χ0) is 13.3. The molecule has 1 heterocycles. The minimum Gasteiger partial charge on any atom is -0.444 e. The molecule has 2 amide bonds. The molecule has 1 aliphatic rings. The number of hydrogen-bond acceptors (Lipinski definition) is 4. The molecule has 2 N–H and O–H groups in total. The number of nitrogens with one attached hydrogen (secondary N) is 2. The van der Waals surface area contributed by atoms with Crippen molar-refractivity contribution in [1.82, 2.24) is 10.6 Å². The molecule has 7 heteroatoms. The summed E-state index contributed by atoms with van der Waals surface area (Å²) in [5.74, 6) is -3.70. The van der Waals surface area contributed by atoms with Gasteiger partial charge in [0.05, 0.1) is 12.6 Å². The molecule has 0 radical (unpaired) electrons. The maximum atomic E-state index is 12.8. The monoisotopic (exact) mass is 250 g/mol. The van der Waals surface area contributed by atoms with Gasteiger partial charge in [-0.2, -0.15) is 0 Å². The molecule has 5 nitrogen and oxygen atoms in total. The van der Waals surface area contributed by atoms with Gasteiger partial charge in [-0.1, -0.05) is 0 Å². The average molecular weight is 250 g/mol. The van der Waals surface area contributed by atoms with Crippen LogP contribution in [0.4, 0.5) is 13.6 Å². The van der Waals surface area contributed by atoms with Gasteiger partial charge in [0.2, 0.25) is 5.91 Å². The lowest BCUT2D eigenvalue weighted by Gasteiger charge is -2.20. The molecule has 17 heavy (non-hydrogen) atoms. The quantitative estimate of drug-likeness (QED) is 0.729. The molecular weight excluding hydrogens is 234 g/mol. The summed E-state index contributed by atoms with van der Waals surface area (Å²) >= 11 is 0. The Labute approximate surface area is 97.9 Å². The Hall–Kier alpha value is -1.24. The van der Waals surface area contributed by atoms with E-state index in [0.717, 1.165) is 0 Å². The number of alkyl halides is 2. The molecule has 1 fully saturated rings. The number of carbonyl (C=O) groups is 2. The Kier molecular flexibility index (Phi) is 3.71. The molecule has 1 saturated heterocycles. The van der Waals surface area contributed by atoms with Crippen LogP contribution in [-0.4, -0.2) is 36.1 Å². The van der Waals surface area contributed by atoms with Crippen LogP contribution in [0.1, 0.15) is 27.2 Å². The largest absolute Gasteiger partial charge is 0.444 e. The Morgan fingerprint density at radius 1 is 1.41 bits per heavy atom. The Morgan fingerprint density at radius 2 is 2.00 bits per heavy atom. The Morgan fingerprint density at radius 3 is 2.41 bits per heavy atom. The first-order valence-corrected chi connectivity index (χ1v) is 5.24. The Bertz CT molecular complexity index is 326. The van der Waals surface area contributed by atoms with Gasteiger partial charge in [0.25, 0.3) is 5.92 Å². The molecule has 1 atom stereocenters. The third-order valence-corrected chi connectivity index (χ3v) is 2.05. The maximum absolute atomic E-state index is 12.8. The van der Waals surface area contributed by atoms with Crippen LogP contribution < -0.4 is 10.6 Å². The zero-order valence-electron chi connectivity index (χ0n) is 9.97. The minimum absolute atomic E-state index is 0.556. The van der Waals surface area contributed by atoms with Gasteiger partial charge in [0.1, 0.15) is 5.60 Å². The van der Waals surface area contributed by atoms with E-state index >= 15 is 0 Å². The number of ether oxygens (including phenoxy) is 1. The summed E-state index contributed by atoms with van der Waals surface area (Å²) in [7, 11) is 0. The SMILES string of the molecule is CC(C)(C)OC(=O)NC(=O)[C@H]1CC(F)(F)CN1. The fourth-order valence-electron chi connectivity index (χ4n) is 1.39. The number of amides is 2. The lowest BCUT2D eigenvalue weighted by molar-refractivity contribution is -0.123. The van der Waals surface area contributed by atoms with E-state index in [9.17, 15) is 18.4 Å². The highest BCUT2D eigenvalue weighted by Crippen LogP contribution is 2.25. The fraction of sp³-hybridized carbons (Fsp3) is 0.800. The van der Waals surface area contributed by atoms with Crippen LogP contribution in [0.2, 0.25) is 0 Å². The van der Waals surface area contributed by atoms with Gasteiger partial charge < -0.3 is 4.74 Å². The maximum Gasteiger partial charge on any atom is 0.414 e. The van der Waals surface area contributed by atoms with Crippen molar-refractivity contribution < 1.29 is 23.1 Å². The molecule has 0 aromatic rings. The van der Waals surface area contributed by atoms with Crippen LogP contribution in [0, 0.1) is 0 Å². The smallest absolute Gasteiger partial charge is 0.414 e. The fourth-order valence-corrected chi connectivity index (χ4v) is 1.39. The van der Waals surface area contributed by atoms with Gasteiger partial charge >= 0.3 is 6.09 Å². The summed E-state index contributed by atoms with van der Waals surface area (Å²) in [5.41, 5.74) is -0.739. The van der Waals surface area contributed by atoms with E-state index in [4.69, 9.17) is 4.74 Å². The standard InChI is InChI=1S/C10H16F2N2O3/c1-9(2,3)17-8(16)14-7(15)6-4-10(11,12)5-13-6/h6,13H,4-5H2,1-3H3,(H,14,15,16)/t6-/m1/s1. The zero-order valence-corrected chi connectivity index (χ0v) is 9.97. The summed E-state index contributed by atoms with van der Waals surface area (Å²) < 4.78 is 30.4. The van der Waals surface area contributed by atoms with E-state index in [-0.39, 0.29) is 0 Å². The topological polar surface area (TPSA) is 67.4 Å². The van der Waals surface area contributed by atoms with Gasteiger partial charge in [0, 0.05) is 6.42 Å². The summed E-state index contributed by atoms with van der Waals surface area (Å²) in [4.78, 5) is 22.6. The highest BCUT2D eigenvalue weighted by Gasteiger charge is 2.42. The molecule has 1 aliphatic heterocycles. The van der Waals surface area contributed by atoms with Crippen molar-refractivity contribution in [2.75, 3.05) is 6.54 Å². The van der Waals surface area contributed by atoms with Crippen LogP contribution in [0.15, 0.2) is 0 Å². The normalized spacial score (nSPS) is 23.2. The van der Waals surface area contributed by atoms with Gasteiger partial charge in [-0.25, -0.2) is 13.6 Å². The van der Waals surface area contributed by atoms with E-state index in [1.54, 1.807) is 20.8 Å². The average Bonchev–Trinajstić information content (AvgIpc) is 2.42. The third-order valence-electron chi connectivity index (χ3n) is 2.05. The van der Waals surface area contributed by atoms with Gasteiger partial charge in [0.15, 0.2) is 0 Å². The second kappa shape index (κ2) is 4.56. The highest BCUT2D eigenvalue weighted by atomic mass is 19.3. The van der Waals surface area contributed by atoms with Crippen LogP contribution >= 0.6 is 0 Å². The first-order chi connectivity index (χ1) is 7.59. The van der Waals surface area contributed by atoms with Gasteiger partial charge in [-0.05, 0) is 20.8 Å². The molecule has 0 aromatic heterocycles. The summed E-state index contributed by atoms with van der Waals surface area (Å²) in [6.07, 6.45) is -1.54. The summed E-state index contributed by atoms with van der Waals surface area (Å²) in [6.45, 7) is 4.36. The van der Waals surface area contributed by atoms with E-state index in [1.807, 2.05) is 5.32 Å². The molecule has 0 aliphatic carbocycles. The van der Waals surface area contributed by atoms with Crippen molar-refractivity contribution >= 4 is 12.0 Å². The molecule has 1 rings (SSSR count). The molecule has 98 valence electrons. The molecule has 0 saturated carbocycles. The van der Waals surface area contributed by atoms with Crippen molar-refractivity contribution in [2.45, 2.75) is 44.8 Å². The second-order valence-electron chi connectivity index (χ2n) is 4.98. The van der Waals surface area contributed by atoms with Crippen LogP contribution in [0.25, 0.3) is 0 Å². The van der Waals surface area contributed by atoms with Crippen molar-refractivity contribution in [2.24, 2.45) is 0 Å². The van der Waals surface area contributed by atoms with Gasteiger partial charge in [-0.3, -0.25) is 15.4 Å². The molecular formula is C10H16F2N2O3. The van der Waals surface area contributed by atoms with Crippen molar-refractivity contribution in [1.29, 1.82) is 0 Å². The predicted molar refractivity (Wildman–Crippen MR) is 55.7 cm³/mol.